The number of benzene rings is 1. The van der Waals surface area contributed by atoms with E-state index in [4.69, 9.17) is 4.74 Å². The fourth-order valence-corrected chi connectivity index (χ4v) is 3.83. The van der Waals surface area contributed by atoms with Crippen molar-refractivity contribution in [2.24, 2.45) is 0 Å². The van der Waals surface area contributed by atoms with Crippen LogP contribution in [0.4, 0.5) is 4.79 Å². The standard InChI is InChI=1S/C17H25NO4Se/c1-12-5-7-13(8-6-12)11-23-10-9-14(15(19)20)18-16(21)22-17(2,3)4/h5-8,14H,9-11H2,1-4H3,(H,18,21)(H,19,20)/t14-/m1/s1. The first-order valence-electron chi connectivity index (χ1n) is 7.53. The van der Waals surface area contributed by atoms with Crippen molar-refractivity contribution in [2.45, 2.75) is 56.4 Å². The van der Waals surface area contributed by atoms with Gasteiger partial charge in [-0.1, -0.05) is 0 Å². The number of hydrogen-bond acceptors (Lipinski definition) is 3. The van der Waals surface area contributed by atoms with E-state index in [2.05, 4.69) is 36.5 Å². The van der Waals surface area contributed by atoms with E-state index in [-0.39, 0.29) is 0 Å². The van der Waals surface area contributed by atoms with Gasteiger partial charge in [-0.25, -0.2) is 0 Å². The number of nitrogens with one attached hydrogen (secondary N) is 1. The van der Waals surface area contributed by atoms with Crippen LogP contribution in [0.2, 0.25) is 5.32 Å². The van der Waals surface area contributed by atoms with Gasteiger partial charge in [0.1, 0.15) is 0 Å². The Kier molecular flexibility index (Phi) is 7.59. The van der Waals surface area contributed by atoms with Crippen LogP contribution in [0.3, 0.4) is 0 Å². The molecule has 1 amide bonds. The molecule has 128 valence electrons. The molecule has 0 fully saturated rings. The second-order valence-electron chi connectivity index (χ2n) is 6.36. The summed E-state index contributed by atoms with van der Waals surface area (Å²) < 4.78 is 5.10. The molecular weight excluding hydrogens is 361 g/mol. The Morgan fingerprint density at radius 2 is 1.87 bits per heavy atom. The fraction of sp³-hybridized carbons (Fsp3) is 0.529. The van der Waals surface area contributed by atoms with Gasteiger partial charge < -0.3 is 0 Å². The van der Waals surface area contributed by atoms with Crippen LogP contribution in [-0.2, 0) is 14.9 Å². The molecule has 2 N–H and O–H groups in total. The van der Waals surface area contributed by atoms with Crippen LogP contribution in [0.5, 0.6) is 0 Å². The summed E-state index contributed by atoms with van der Waals surface area (Å²) in [5.74, 6) is -1.03. The van der Waals surface area contributed by atoms with Crippen molar-refractivity contribution < 1.29 is 19.4 Å². The van der Waals surface area contributed by atoms with Crippen molar-refractivity contribution >= 4 is 27.0 Å². The Morgan fingerprint density at radius 1 is 1.26 bits per heavy atom. The van der Waals surface area contributed by atoms with Gasteiger partial charge in [-0.05, 0) is 0 Å². The van der Waals surface area contributed by atoms with Gasteiger partial charge in [0.05, 0.1) is 0 Å². The van der Waals surface area contributed by atoms with Crippen LogP contribution in [0.25, 0.3) is 0 Å². The zero-order valence-electron chi connectivity index (χ0n) is 14.1. The molecule has 0 radical (unpaired) electrons. The Bertz CT molecular complexity index is 522. The predicted octanol–water partition coefficient (Wildman–Crippen LogP) is 2.99. The number of carbonyl (C=O) groups is 2. The molecule has 0 aliphatic heterocycles. The molecule has 0 bridgehead atoms. The Hall–Kier alpha value is -1.52. The third-order valence-electron chi connectivity index (χ3n) is 2.93. The number of alkyl carbamates (subject to hydrolysis) is 1. The summed E-state index contributed by atoms with van der Waals surface area (Å²) in [5.41, 5.74) is 1.86. The number of carbonyl (C=O) groups excluding carboxylic acids is 1. The van der Waals surface area contributed by atoms with Gasteiger partial charge in [0.15, 0.2) is 0 Å². The van der Waals surface area contributed by atoms with Gasteiger partial charge in [0.25, 0.3) is 0 Å². The average molecular weight is 386 g/mol. The summed E-state index contributed by atoms with van der Waals surface area (Å²) >= 11 is 0.304. The molecule has 0 aromatic heterocycles. The van der Waals surface area contributed by atoms with E-state index in [9.17, 15) is 14.7 Å². The number of aryl methyl sites for hydroxylation is 1. The topological polar surface area (TPSA) is 75.6 Å². The molecule has 23 heavy (non-hydrogen) atoms. The molecule has 5 nitrogen and oxygen atoms in total. The quantitative estimate of drug-likeness (QED) is 0.558. The molecule has 0 aliphatic carbocycles. The van der Waals surface area contributed by atoms with Gasteiger partial charge >= 0.3 is 144 Å². The molecule has 0 unspecified atom stereocenters. The first kappa shape index (κ1) is 19.5. The van der Waals surface area contributed by atoms with Crippen molar-refractivity contribution in [1.82, 2.24) is 5.32 Å². The van der Waals surface area contributed by atoms with Crippen molar-refractivity contribution in [3.63, 3.8) is 0 Å². The SMILES string of the molecule is Cc1ccc(C[Se]CC[C@@H](NC(=O)OC(C)(C)C)C(=O)O)cc1. The zero-order chi connectivity index (χ0) is 17.5. The van der Waals surface area contributed by atoms with Gasteiger partial charge in [-0.2, -0.15) is 0 Å². The molecule has 0 heterocycles. The minimum atomic E-state index is -1.03. The number of hydrogen-bond donors (Lipinski definition) is 2. The van der Waals surface area contributed by atoms with Crippen LogP contribution >= 0.6 is 0 Å². The number of amides is 1. The third-order valence-corrected chi connectivity index (χ3v) is 5.16. The number of carboxylic acids is 1. The molecule has 0 aliphatic rings. The monoisotopic (exact) mass is 387 g/mol. The number of ether oxygens (including phenoxy) is 1. The molecular formula is C17H25NO4Se. The summed E-state index contributed by atoms with van der Waals surface area (Å²) in [7, 11) is 0. The van der Waals surface area contributed by atoms with Crippen molar-refractivity contribution in [3.05, 3.63) is 35.4 Å². The van der Waals surface area contributed by atoms with Gasteiger partial charge in [0, 0.05) is 0 Å². The van der Waals surface area contributed by atoms with E-state index < -0.39 is 23.7 Å². The third kappa shape index (κ3) is 8.62. The van der Waals surface area contributed by atoms with Crippen LogP contribution in [-0.4, -0.2) is 43.8 Å². The number of rotatable bonds is 7. The molecule has 1 atom stereocenters. The Labute approximate surface area is 144 Å². The molecule has 0 saturated heterocycles. The summed E-state index contributed by atoms with van der Waals surface area (Å²) in [6.07, 6.45) is -0.267. The summed E-state index contributed by atoms with van der Waals surface area (Å²) in [6.45, 7) is 7.28. The molecule has 1 aromatic carbocycles. The van der Waals surface area contributed by atoms with E-state index in [1.807, 2.05) is 0 Å². The van der Waals surface area contributed by atoms with Crippen molar-refractivity contribution in [1.29, 1.82) is 0 Å². The molecule has 1 aromatic rings. The maximum absolute atomic E-state index is 11.7. The first-order chi connectivity index (χ1) is 10.7. The minimum absolute atomic E-state index is 0.304. The van der Waals surface area contributed by atoms with Crippen LogP contribution < -0.4 is 5.32 Å². The van der Waals surface area contributed by atoms with E-state index in [0.717, 1.165) is 10.6 Å². The predicted molar refractivity (Wildman–Crippen MR) is 90.9 cm³/mol. The fourth-order valence-electron chi connectivity index (χ4n) is 1.78. The number of carboxylic acid groups (broad SMARTS) is 1. The Morgan fingerprint density at radius 3 is 2.39 bits per heavy atom. The van der Waals surface area contributed by atoms with Crippen molar-refractivity contribution in [3.8, 4) is 0 Å². The molecule has 6 heteroatoms. The van der Waals surface area contributed by atoms with E-state index in [0.29, 0.717) is 21.4 Å². The van der Waals surface area contributed by atoms with E-state index in [1.54, 1.807) is 20.8 Å². The molecule has 1 rings (SSSR count). The summed E-state index contributed by atoms with van der Waals surface area (Å²) in [5, 5.41) is 13.4. The van der Waals surface area contributed by atoms with Gasteiger partial charge in [-0.15, -0.1) is 0 Å². The normalized spacial score (nSPS) is 12.5. The average Bonchev–Trinajstić information content (AvgIpc) is 2.42. The second kappa shape index (κ2) is 8.94. The second-order valence-corrected chi connectivity index (χ2v) is 8.68. The van der Waals surface area contributed by atoms with Crippen LogP contribution in [0.1, 0.15) is 38.3 Å². The van der Waals surface area contributed by atoms with Gasteiger partial charge in [0.2, 0.25) is 0 Å². The summed E-state index contributed by atoms with van der Waals surface area (Å²) in [6, 6.07) is 7.46. The first-order valence-corrected chi connectivity index (χ1v) is 9.95. The number of aliphatic carboxylic acids is 1. The van der Waals surface area contributed by atoms with Crippen LogP contribution in [0, 0.1) is 6.92 Å². The van der Waals surface area contributed by atoms with E-state index in [1.165, 1.54) is 11.1 Å². The van der Waals surface area contributed by atoms with E-state index >= 15 is 0 Å². The Balaban J connectivity index is 2.37. The zero-order valence-corrected chi connectivity index (χ0v) is 15.8. The molecule has 0 saturated carbocycles. The van der Waals surface area contributed by atoms with Crippen molar-refractivity contribution in [2.75, 3.05) is 0 Å². The molecule has 0 spiro atoms. The van der Waals surface area contributed by atoms with Crippen LogP contribution in [0.15, 0.2) is 24.3 Å². The van der Waals surface area contributed by atoms with Gasteiger partial charge in [-0.3, -0.25) is 0 Å². The summed E-state index contributed by atoms with van der Waals surface area (Å²) in [4.78, 5) is 22.9. The maximum atomic E-state index is 11.7.